The van der Waals surface area contributed by atoms with Gasteiger partial charge in [-0.1, -0.05) is 12.1 Å². The van der Waals surface area contributed by atoms with Crippen molar-refractivity contribution in [3.63, 3.8) is 0 Å². The van der Waals surface area contributed by atoms with Crippen LogP contribution in [0.2, 0.25) is 0 Å². The molecule has 196 valence electrons. The summed E-state index contributed by atoms with van der Waals surface area (Å²) in [6, 6.07) is 19.5. The minimum absolute atomic E-state index is 0.150. The normalized spacial score (nSPS) is 13.8. The van der Waals surface area contributed by atoms with Crippen LogP contribution in [-0.2, 0) is 6.54 Å². The summed E-state index contributed by atoms with van der Waals surface area (Å²) in [5.41, 5.74) is 3.36. The van der Waals surface area contributed by atoms with Crippen molar-refractivity contribution in [3.8, 4) is 5.75 Å². The Morgan fingerprint density at radius 2 is 1.71 bits per heavy atom. The standard InChI is InChI=1S/C28H30BrN7O2/c1-34-14-16-35(17-15-34)22-9-7-21(8-10-22)31-28-30-18-24(29)26(33-28)32-25-4-3-13-36(27(25)37)19-20-5-11-23(38-2)12-6-20/h3-13,18H,14-17,19H2,1-2H3,(H2,30,31,32,33). The van der Waals surface area contributed by atoms with Crippen LogP contribution >= 0.6 is 15.9 Å². The van der Waals surface area contributed by atoms with Gasteiger partial charge in [-0.25, -0.2) is 4.98 Å². The molecule has 0 spiro atoms. The smallest absolute Gasteiger partial charge is 0.274 e. The summed E-state index contributed by atoms with van der Waals surface area (Å²) < 4.78 is 7.52. The molecule has 1 saturated heterocycles. The predicted molar refractivity (Wildman–Crippen MR) is 155 cm³/mol. The van der Waals surface area contributed by atoms with E-state index in [9.17, 15) is 4.79 Å². The molecule has 2 N–H and O–H groups in total. The fourth-order valence-electron chi connectivity index (χ4n) is 4.28. The maximum absolute atomic E-state index is 13.2. The van der Waals surface area contributed by atoms with E-state index in [1.54, 1.807) is 30.1 Å². The average Bonchev–Trinajstić information content (AvgIpc) is 2.94. The van der Waals surface area contributed by atoms with Crippen LogP contribution in [0.5, 0.6) is 5.75 Å². The lowest BCUT2D eigenvalue weighted by Gasteiger charge is -2.34. The highest BCUT2D eigenvalue weighted by Crippen LogP contribution is 2.25. The number of nitrogens with one attached hydrogen (secondary N) is 2. The minimum Gasteiger partial charge on any atom is -0.497 e. The summed E-state index contributed by atoms with van der Waals surface area (Å²) in [6.07, 6.45) is 3.43. The third-order valence-electron chi connectivity index (χ3n) is 6.52. The maximum atomic E-state index is 13.2. The van der Waals surface area contributed by atoms with Crippen molar-refractivity contribution < 1.29 is 4.74 Å². The van der Waals surface area contributed by atoms with Gasteiger partial charge in [0.15, 0.2) is 5.82 Å². The Morgan fingerprint density at radius 3 is 2.42 bits per heavy atom. The Kier molecular flexibility index (Phi) is 7.90. The Morgan fingerprint density at radius 1 is 0.974 bits per heavy atom. The van der Waals surface area contributed by atoms with Gasteiger partial charge in [0.05, 0.1) is 18.1 Å². The fourth-order valence-corrected chi connectivity index (χ4v) is 4.57. The summed E-state index contributed by atoms with van der Waals surface area (Å²) in [6.45, 7) is 4.62. The van der Waals surface area contributed by atoms with Gasteiger partial charge >= 0.3 is 0 Å². The second kappa shape index (κ2) is 11.7. The SMILES string of the molecule is COc1ccc(Cn2cccc(Nc3nc(Nc4ccc(N5CCN(C)CC5)cc4)ncc3Br)c2=O)cc1. The minimum atomic E-state index is -0.150. The topological polar surface area (TPSA) is 87.6 Å². The number of piperazine rings is 1. The molecule has 1 fully saturated rings. The van der Waals surface area contributed by atoms with Crippen LogP contribution in [0.4, 0.5) is 28.8 Å². The van der Waals surface area contributed by atoms with Crippen molar-refractivity contribution in [1.29, 1.82) is 0 Å². The van der Waals surface area contributed by atoms with E-state index in [0.717, 1.165) is 43.2 Å². The molecule has 3 heterocycles. The van der Waals surface area contributed by atoms with Crippen LogP contribution in [0.25, 0.3) is 0 Å². The van der Waals surface area contributed by atoms with Gasteiger partial charge in [-0.3, -0.25) is 4.79 Å². The van der Waals surface area contributed by atoms with Crippen LogP contribution < -0.4 is 25.8 Å². The van der Waals surface area contributed by atoms with Gasteiger partial charge in [-0.15, -0.1) is 0 Å². The molecule has 2 aromatic carbocycles. The molecule has 0 bridgehead atoms. The zero-order chi connectivity index (χ0) is 26.5. The second-order valence-electron chi connectivity index (χ2n) is 9.18. The first-order chi connectivity index (χ1) is 18.5. The third-order valence-corrected chi connectivity index (χ3v) is 7.10. The Labute approximate surface area is 230 Å². The highest BCUT2D eigenvalue weighted by molar-refractivity contribution is 9.10. The molecule has 1 aliphatic rings. The molecule has 4 aromatic rings. The number of hydrogen-bond acceptors (Lipinski definition) is 8. The number of methoxy groups -OCH3 is 1. The molecule has 0 radical (unpaired) electrons. The van der Waals surface area contributed by atoms with Gasteiger partial charge in [0.25, 0.3) is 5.56 Å². The zero-order valence-electron chi connectivity index (χ0n) is 21.4. The van der Waals surface area contributed by atoms with Crippen LogP contribution in [0.15, 0.2) is 82.3 Å². The lowest BCUT2D eigenvalue weighted by molar-refractivity contribution is 0.313. The van der Waals surface area contributed by atoms with E-state index in [4.69, 9.17) is 4.74 Å². The van der Waals surface area contributed by atoms with E-state index in [2.05, 4.69) is 65.5 Å². The number of anilines is 5. The first-order valence-corrected chi connectivity index (χ1v) is 13.2. The number of benzene rings is 2. The van der Waals surface area contributed by atoms with Crippen molar-refractivity contribution in [2.45, 2.75) is 6.54 Å². The molecular formula is C28H30BrN7O2. The van der Waals surface area contributed by atoms with Crippen LogP contribution in [0, 0.1) is 0 Å². The summed E-state index contributed by atoms with van der Waals surface area (Å²) in [4.78, 5) is 26.9. The highest BCUT2D eigenvalue weighted by Gasteiger charge is 2.14. The number of likely N-dealkylation sites (N-methyl/N-ethyl adjacent to an activating group) is 1. The molecule has 0 unspecified atom stereocenters. The summed E-state index contributed by atoms with van der Waals surface area (Å²) in [7, 11) is 3.79. The Balaban J connectivity index is 1.28. The second-order valence-corrected chi connectivity index (χ2v) is 10.0. The van der Waals surface area contributed by atoms with Crippen molar-refractivity contribution in [2.24, 2.45) is 0 Å². The first-order valence-electron chi connectivity index (χ1n) is 12.4. The summed E-state index contributed by atoms with van der Waals surface area (Å²) in [5, 5.41) is 6.42. The molecular weight excluding hydrogens is 546 g/mol. The zero-order valence-corrected chi connectivity index (χ0v) is 23.0. The number of rotatable bonds is 8. The number of ether oxygens (including phenoxy) is 1. The van der Waals surface area contributed by atoms with Crippen molar-refractivity contribution >= 4 is 44.8 Å². The van der Waals surface area contributed by atoms with Gasteiger partial charge in [-0.2, -0.15) is 4.98 Å². The molecule has 0 saturated carbocycles. The monoisotopic (exact) mass is 575 g/mol. The molecule has 5 rings (SSSR count). The molecule has 0 amide bonds. The van der Waals surface area contributed by atoms with E-state index < -0.39 is 0 Å². The van der Waals surface area contributed by atoms with Crippen LogP contribution in [0.1, 0.15) is 5.56 Å². The number of aromatic nitrogens is 3. The van der Waals surface area contributed by atoms with E-state index in [1.807, 2.05) is 42.5 Å². The third kappa shape index (κ3) is 6.15. The Hall–Kier alpha value is -3.89. The van der Waals surface area contributed by atoms with Crippen LogP contribution in [0.3, 0.4) is 0 Å². The summed E-state index contributed by atoms with van der Waals surface area (Å²) in [5.74, 6) is 1.70. The predicted octanol–water partition coefficient (Wildman–Crippen LogP) is 4.70. The number of halogens is 1. The van der Waals surface area contributed by atoms with Gasteiger partial charge in [0, 0.05) is 49.9 Å². The first kappa shape index (κ1) is 25.7. The lowest BCUT2D eigenvalue weighted by Crippen LogP contribution is -2.44. The van der Waals surface area contributed by atoms with Gasteiger partial charge in [0.1, 0.15) is 11.4 Å². The van der Waals surface area contributed by atoms with E-state index in [0.29, 0.717) is 28.5 Å². The summed E-state index contributed by atoms with van der Waals surface area (Å²) >= 11 is 3.50. The van der Waals surface area contributed by atoms with E-state index in [-0.39, 0.29) is 5.56 Å². The van der Waals surface area contributed by atoms with Crippen molar-refractivity contribution in [1.82, 2.24) is 19.4 Å². The van der Waals surface area contributed by atoms with Gasteiger partial charge in [-0.05, 0) is 77.1 Å². The molecule has 9 nitrogen and oxygen atoms in total. The quantitative estimate of drug-likeness (QED) is 0.313. The van der Waals surface area contributed by atoms with Crippen molar-refractivity contribution in [3.05, 3.63) is 93.4 Å². The number of pyridine rings is 1. The molecule has 1 aliphatic heterocycles. The lowest BCUT2D eigenvalue weighted by atomic mass is 10.2. The largest absolute Gasteiger partial charge is 0.497 e. The van der Waals surface area contributed by atoms with Crippen molar-refractivity contribution in [2.75, 3.05) is 55.9 Å². The average molecular weight is 576 g/mol. The van der Waals surface area contributed by atoms with E-state index in [1.165, 1.54) is 5.69 Å². The van der Waals surface area contributed by atoms with Crippen LogP contribution in [-0.4, -0.2) is 59.8 Å². The van der Waals surface area contributed by atoms with Gasteiger partial charge in [0.2, 0.25) is 5.95 Å². The highest BCUT2D eigenvalue weighted by atomic mass is 79.9. The fraction of sp³-hybridized carbons (Fsp3) is 0.250. The molecule has 38 heavy (non-hydrogen) atoms. The molecule has 0 aliphatic carbocycles. The number of nitrogens with zero attached hydrogens (tertiary/aromatic N) is 5. The molecule has 2 aromatic heterocycles. The van der Waals surface area contributed by atoms with Gasteiger partial charge < -0.3 is 29.7 Å². The van der Waals surface area contributed by atoms with E-state index >= 15 is 0 Å². The number of hydrogen-bond donors (Lipinski definition) is 2. The molecule has 0 atom stereocenters. The Bertz CT molecular complexity index is 1430. The maximum Gasteiger partial charge on any atom is 0.274 e. The molecule has 10 heteroatoms.